The molecule has 194 valence electrons. The minimum absolute atomic E-state index is 0.116. The summed E-state index contributed by atoms with van der Waals surface area (Å²) in [5, 5.41) is 3.33. The molecule has 3 atom stereocenters. The molecule has 7 heteroatoms. The zero-order valence-electron chi connectivity index (χ0n) is 21.7. The topological polar surface area (TPSA) is 90.9 Å². The SMILES string of the molecule is CCCCOc1ccccc1[C@@H]1C(C(=O)OC2CCCC2)=C(C)NC2=C1C(=O)[C@@H](C(=O)OC)[C@H](C)C2. The highest BCUT2D eigenvalue weighted by atomic mass is 16.5. The minimum atomic E-state index is -0.920. The Balaban J connectivity index is 1.82. The van der Waals surface area contributed by atoms with E-state index in [1.165, 1.54) is 7.11 Å². The Kier molecular flexibility index (Phi) is 8.17. The van der Waals surface area contributed by atoms with Gasteiger partial charge in [-0.1, -0.05) is 38.5 Å². The fraction of sp³-hybridized carbons (Fsp3) is 0.552. The second kappa shape index (κ2) is 11.3. The Morgan fingerprint density at radius 2 is 1.86 bits per heavy atom. The van der Waals surface area contributed by atoms with Gasteiger partial charge >= 0.3 is 11.9 Å². The van der Waals surface area contributed by atoms with E-state index in [-0.39, 0.29) is 17.8 Å². The molecule has 0 bridgehead atoms. The quantitative estimate of drug-likeness (QED) is 0.309. The average molecular weight is 496 g/mol. The molecule has 36 heavy (non-hydrogen) atoms. The Morgan fingerprint density at radius 3 is 2.56 bits per heavy atom. The number of unbranched alkanes of at least 4 members (excludes halogenated alkanes) is 1. The van der Waals surface area contributed by atoms with Crippen molar-refractivity contribution in [3.05, 3.63) is 52.4 Å². The molecule has 2 aliphatic carbocycles. The zero-order chi connectivity index (χ0) is 25.8. The predicted molar refractivity (Wildman–Crippen MR) is 135 cm³/mol. The van der Waals surface area contributed by atoms with Gasteiger partial charge in [0.25, 0.3) is 0 Å². The molecule has 0 unspecified atom stereocenters. The summed E-state index contributed by atoms with van der Waals surface area (Å²) in [7, 11) is 1.30. The molecule has 0 radical (unpaired) electrons. The number of para-hydroxylation sites is 1. The fourth-order valence-electron chi connectivity index (χ4n) is 5.66. The van der Waals surface area contributed by atoms with Crippen LogP contribution in [0.2, 0.25) is 0 Å². The van der Waals surface area contributed by atoms with Gasteiger partial charge in [-0.15, -0.1) is 0 Å². The second-order valence-corrected chi connectivity index (χ2v) is 10.1. The largest absolute Gasteiger partial charge is 0.493 e. The number of hydrogen-bond donors (Lipinski definition) is 1. The van der Waals surface area contributed by atoms with E-state index >= 15 is 0 Å². The minimum Gasteiger partial charge on any atom is -0.493 e. The molecule has 1 aliphatic heterocycles. The van der Waals surface area contributed by atoms with Gasteiger partial charge in [-0.3, -0.25) is 9.59 Å². The van der Waals surface area contributed by atoms with Crippen LogP contribution in [-0.2, 0) is 23.9 Å². The zero-order valence-corrected chi connectivity index (χ0v) is 21.7. The van der Waals surface area contributed by atoms with Crippen LogP contribution in [-0.4, -0.2) is 37.5 Å². The summed E-state index contributed by atoms with van der Waals surface area (Å²) in [4.78, 5) is 40.2. The molecule has 0 saturated heterocycles. The molecule has 1 fully saturated rings. The van der Waals surface area contributed by atoms with E-state index in [0.717, 1.165) is 49.8 Å². The van der Waals surface area contributed by atoms with Crippen molar-refractivity contribution in [2.24, 2.45) is 11.8 Å². The molecule has 1 heterocycles. The molecule has 4 rings (SSSR count). The molecule has 1 aromatic rings. The van der Waals surface area contributed by atoms with Crippen molar-refractivity contribution < 1.29 is 28.6 Å². The predicted octanol–water partition coefficient (Wildman–Crippen LogP) is 4.96. The van der Waals surface area contributed by atoms with Crippen molar-refractivity contribution in [3.63, 3.8) is 0 Å². The van der Waals surface area contributed by atoms with Crippen LogP contribution in [0, 0.1) is 11.8 Å². The van der Waals surface area contributed by atoms with E-state index in [9.17, 15) is 14.4 Å². The summed E-state index contributed by atoms with van der Waals surface area (Å²) in [5.74, 6) is -2.50. The Labute approximate surface area is 213 Å². The smallest absolute Gasteiger partial charge is 0.337 e. The van der Waals surface area contributed by atoms with E-state index in [4.69, 9.17) is 14.2 Å². The molecule has 0 amide bonds. The maximum Gasteiger partial charge on any atom is 0.337 e. The Bertz CT molecular complexity index is 1080. The molecule has 1 saturated carbocycles. The first-order valence-electron chi connectivity index (χ1n) is 13.1. The van der Waals surface area contributed by atoms with E-state index in [2.05, 4.69) is 12.2 Å². The van der Waals surface area contributed by atoms with Crippen molar-refractivity contribution in [2.45, 2.75) is 77.7 Å². The number of Topliss-reactive ketones (excluding diaryl/α,β-unsaturated/α-hetero) is 1. The number of benzene rings is 1. The van der Waals surface area contributed by atoms with Crippen molar-refractivity contribution in [1.29, 1.82) is 0 Å². The number of allylic oxidation sites excluding steroid dienone is 3. The van der Waals surface area contributed by atoms with Crippen LogP contribution in [0.5, 0.6) is 5.75 Å². The first-order valence-corrected chi connectivity index (χ1v) is 13.1. The van der Waals surface area contributed by atoms with Gasteiger partial charge in [-0.05, 0) is 57.4 Å². The third-order valence-electron chi connectivity index (χ3n) is 7.52. The molecular formula is C29H37NO6. The van der Waals surface area contributed by atoms with Gasteiger partial charge in [0.2, 0.25) is 0 Å². The number of carbonyl (C=O) groups excluding carboxylic acids is 3. The molecular weight excluding hydrogens is 458 g/mol. The second-order valence-electron chi connectivity index (χ2n) is 10.1. The van der Waals surface area contributed by atoms with Gasteiger partial charge in [-0.2, -0.15) is 0 Å². The summed E-state index contributed by atoms with van der Waals surface area (Å²) < 4.78 is 17.1. The van der Waals surface area contributed by atoms with Crippen molar-refractivity contribution >= 4 is 17.7 Å². The Hall–Kier alpha value is -3.09. The third-order valence-corrected chi connectivity index (χ3v) is 7.52. The van der Waals surface area contributed by atoms with E-state index in [1.807, 2.05) is 38.1 Å². The number of rotatable bonds is 8. The molecule has 7 nitrogen and oxygen atoms in total. The average Bonchev–Trinajstić information content (AvgIpc) is 3.36. The highest BCUT2D eigenvalue weighted by Gasteiger charge is 2.48. The number of nitrogens with one attached hydrogen (secondary N) is 1. The van der Waals surface area contributed by atoms with Crippen molar-refractivity contribution in [1.82, 2.24) is 5.32 Å². The van der Waals surface area contributed by atoms with Crippen LogP contribution in [0.15, 0.2) is 46.8 Å². The van der Waals surface area contributed by atoms with E-state index < -0.39 is 23.8 Å². The lowest BCUT2D eigenvalue weighted by Crippen LogP contribution is -2.43. The van der Waals surface area contributed by atoms with Crippen LogP contribution in [0.25, 0.3) is 0 Å². The summed E-state index contributed by atoms with van der Waals surface area (Å²) in [6, 6.07) is 7.54. The van der Waals surface area contributed by atoms with Crippen LogP contribution in [0.4, 0.5) is 0 Å². The van der Waals surface area contributed by atoms with Crippen LogP contribution < -0.4 is 10.1 Å². The lowest BCUT2D eigenvalue weighted by atomic mass is 9.69. The summed E-state index contributed by atoms with van der Waals surface area (Å²) >= 11 is 0. The molecule has 0 aromatic heterocycles. The normalized spacial score (nSPS) is 24.3. The number of hydrogen-bond acceptors (Lipinski definition) is 7. The first kappa shape index (κ1) is 26.0. The maximum absolute atomic E-state index is 13.9. The first-order chi connectivity index (χ1) is 17.4. The number of esters is 2. The van der Waals surface area contributed by atoms with E-state index in [0.29, 0.717) is 35.6 Å². The fourth-order valence-corrected chi connectivity index (χ4v) is 5.66. The van der Waals surface area contributed by atoms with Crippen molar-refractivity contribution in [2.75, 3.05) is 13.7 Å². The van der Waals surface area contributed by atoms with Gasteiger partial charge in [0.1, 0.15) is 17.8 Å². The van der Waals surface area contributed by atoms with Crippen LogP contribution >= 0.6 is 0 Å². The molecule has 3 aliphatic rings. The van der Waals surface area contributed by atoms with Gasteiger partial charge in [-0.25, -0.2) is 4.79 Å². The lowest BCUT2D eigenvalue weighted by molar-refractivity contribution is -0.151. The van der Waals surface area contributed by atoms with E-state index in [1.54, 1.807) is 0 Å². The van der Waals surface area contributed by atoms with Gasteiger partial charge in [0.05, 0.1) is 25.2 Å². The number of methoxy groups -OCH3 is 1. The highest BCUT2D eigenvalue weighted by Crippen LogP contribution is 2.47. The molecule has 1 aromatic carbocycles. The number of dihydropyridines is 1. The molecule has 0 spiro atoms. The number of ketones is 1. The lowest BCUT2D eigenvalue weighted by Gasteiger charge is -2.38. The van der Waals surface area contributed by atoms with Gasteiger partial charge in [0.15, 0.2) is 5.78 Å². The Morgan fingerprint density at radius 1 is 1.14 bits per heavy atom. The monoisotopic (exact) mass is 495 g/mol. The summed E-state index contributed by atoms with van der Waals surface area (Å²) in [6.07, 6.45) is 6.04. The highest BCUT2D eigenvalue weighted by molar-refractivity contribution is 6.12. The standard InChI is InChI=1S/C29H37NO6/c1-5-6-15-35-22-14-10-9-13-20(22)25-24(29(33)36-19-11-7-8-12-19)18(3)30-21-16-17(2)23(28(32)34-4)27(31)26(21)25/h9-10,13-14,17,19,23,25,30H,5-8,11-12,15-16H2,1-4H3/t17-,23+,25-/m1/s1. The summed E-state index contributed by atoms with van der Waals surface area (Å²) in [5.41, 5.74) is 2.97. The number of carbonyl (C=O) groups is 3. The molecule has 1 N–H and O–H groups in total. The number of ether oxygens (including phenoxy) is 3. The van der Waals surface area contributed by atoms with Crippen LogP contribution in [0.3, 0.4) is 0 Å². The van der Waals surface area contributed by atoms with Gasteiger partial charge in [0, 0.05) is 22.5 Å². The van der Waals surface area contributed by atoms with Gasteiger partial charge < -0.3 is 19.5 Å². The van der Waals surface area contributed by atoms with Crippen molar-refractivity contribution in [3.8, 4) is 5.75 Å². The summed E-state index contributed by atoms with van der Waals surface area (Å²) in [6.45, 7) is 6.36. The maximum atomic E-state index is 13.9. The van der Waals surface area contributed by atoms with Crippen LogP contribution in [0.1, 0.15) is 77.2 Å². The third kappa shape index (κ3) is 5.06.